The normalized spacial score (nSPS) is 17.1. The fourth-order valence-electron chi connectivity index (χ4n) is 5.50. The van der Waals surface area contributed by atoms with Crippen molar-refractivity contribution in [1.29, 1.82) is 0 Å². The highest BCUT2D eigenvalue weighted by atomic mass is 35.5. The van der Waals surface area contributed by atoms with E-state index in [1.807, 2.05) is 67.6 Å². The third-order valence-electron chi connectivity index (χ3n) is 7.71. The summed E-state index contributed by atoms with van der Waals surface area (Å²) in [6.07, 6.45) is 0.928. The molecule has 8 nitrogen and oxygen atoms in total. The minimum absolute atomic E-state index is 0.0291. The number of nitrogens with zero attached hydrogens (tertiary/aromatic N) is 3. The van der Waals surface area contributed by atoms with Crippen LogP contribution in [0.15, 0.2) is 84.9 Å². The monoisotopic (exact) mass is 560 g/mol. The van der Waals surface area contributed by atoms with Crippen LogP contribution in [0.5, 0.6) is 5.75 Å². The number of rotatable bonds is 8. The second kappa shape index (κ2) is 12.0. The highest BCUT2D eigenvalue weighted by Crippen LogP contribution is 2.39. The van der Waals surface area contributed by atoms with Crippen LogP contribution >= 0.6 is 11.6 Å². The van der Waals surface area contributed by atoms with Gasteiger partial charge in [0.25, 0.3) is 11.8 Å². The largest absolute Gasteiger partial charge is 0.484 e. The SMILES string of the molecule is CC(NC(=O)CN1CN(c2ccccc2)C2(CCN(C(=O)COc3ccc(Cl)cc3)CC2)C1=O)c1ccccc1. The van der Waals surface area contributed by atoms with E-state index in [-0.39, 0.29) is 36.9 Å². The summed E-state index contributed by atoms with van der Waals surface area (Å²) in [5.41, 5.74) is 1.10. The molecule has 208 valence electrons. The van der Waals surface area contributed by atoms with Crippen molar-refractivity contribution >= 4 is 35.0 Å². The molecule has 0 bridgehead atoms. The van der Waals surface area contributed by atoms with E-state index in [2.05, 4.69) is 10.2 Å². The van der Waals surface area contributed by atoms with Crippen molar-refractivity contribution in [3.05, 3.63) is 95.5 Å². The zero-order chi connectivity index (χ0) is 28.1. The van der Waals surface area contributed by atoms with Gasteiger partial charge in [0.05, 0.1) is 12.7 Å². The number of para-hydroxylation sites is 1. The smallest absolute Gasteiger partial charge is 0.260 e. The fourth-order valence-corrected chi connectivity index (χ4v) is 5.63. The lowest BCUT2D eigenvalue weighted by Crippen LogP contribution is -2.58. The van der Waals surface area contributed by atoms with E-state index in [9.17, 15) is 14.4 Å². The molecular weight excluding hydrogens is 528 g/mol. The molecule has 2 fully saturated rings. The van der Waals surface area contributed by atoms with Crippen LogP contribution in [0.2, 0.25) is 5.02 Å². The molecule has 2 aliphatic heterocycles. The lowest BCUT2D eigenvalue weighted by Gasteiger charge is -2.43. The van der Waals surface area contributed by atoms with Crippen LogP contribution in [0, 0.1) is 0 Å². The maximum Gasteiger partial charge on any atom is 0.260 e. The Kier molecular flexibility index (Phi) is 8.26. The number of benzene rings is 3. The van der Waals surface area contributed by atoms with Crippen molar-refractivity contribution in [2.45, 2.75) is 31.3 Å². The van der Waals surface area contributed by atoms with Gasteiger partial charge in [0, 0.05) is 23.8 Å². The van der Waals surface area contributed by atoms with Gasteiger partial charge in [0.1, 0.15) is 17.8 Å². The number of nitrogens with one attached hydrogen (secondary N) is 1. The molecule has 0 aliphatic carbocycles. The van der Waals surface area contributed by atoms with E-state index >= 15 is 0 Å². The zero-order valence-electron chi connectivity index (χ0n) is 22.5. The van der Waals surface area contributed by atoms with Crippen molar-refractivity contribution in [1.82, 2.24) is 15.1 Å². The summed E-state index contributed by atoms with van der Waals surface area (Å²) < 4.78 is 5.65. The number of amides is 3. The van der Waals surface area contributed by atoms with E-state index in [0.29, 0.717) is 43.4 Å². The first-order valence-electron chi connectivity index (χ1n) is 13.5. The van der Waals surface area contributed by atoms with E-state index in [1.54, 1.807) is 34.1 Å². The van der Waals surface area contributed by atoms with Gasteiger partial charge in [-0.15, -0.1) is 0 Å². The zero-order valence-corrected chi connectivity index (χ0v) is 23.2. The number of likely N-dealkylation sites (tertiary alicyclic amines) is 1. The maximum absolute atomic E-state index is 13.9. The van der Waals surface area contributed by atoms with Crippen LogP contribution in [0.4, 0.5) is 5.69 Å². The number of anilines is 1. The van der Waals surface area contributed by atoms with Gasteiger partial charge in [0.2, 0.25) is 5.91 Å². The number of piperidine rings is 1. The van der Waals surface area contributed by atoms with E-state index in [0.717, 1.165) is 11.3 Å². The van der Waals surface area contributed by atoms with Gasteiger partial charge in [-0.2, -0.15) is 0 Å². The third kappa shape index (κ3) is 5.92. The number of hydrogen-bond donors (Lipinski definition) is 1. The molecule has 1 atom stereocenters. The molecule has 1 N–H and O–H groups in total. The minimum Gasteiger partial charge on any atom is -0.484 e. The molecule has 9 heteroatoms. The van der Waals surface area contributed by atoms with Gasteiger partial charge < -0.3 is 24.8 Å². The summed E-state index contributed by atoms with van der Waals surface area (Å²) in [5.74, 6) is 0.153. The summed E-state index contributed by atoms with van der Waals surface area (Å²) in [6.45, 7) is 2.96. The summed E-state index contributed by atoms with van der Waals surface area (Å²) in [6, 6.07) is 26.2. The topological polar surface area (TPSA) is 82.2 Å². The first-order chi connectivity index (χ1) is 19.4. The Labute approximate surface area is 239 Å². The van der Waals surface area contributed by atoms with Crippen molar-refractivity contribution < 1.29 is 19.1 Å². The molecule has 2 saturated heterocycles. The molecule has 2 aliphatic rings. The second-order valence-corrected chi connectivity index (χ2v) is 10.7. The lowest BCUT2D eigenvalue weighted by molar-refractivity contribution is -0.140. The Morgan fingerprint density at radius 2 is 1.57 bits per heavy atom. The van der Waals surface area contributed by atoms with Crippen LogP contribution in [0.3, 0.4) is 0 Å². The Hall–Kier alpha value is -4.04. The minimum atomic E-state index is -0.819. The van der Waals surface area contributed by atoms with Gasteiger partial charge in [0.15, 0.2) is 6.61 Å². The van der Waals surface area contributed by atoms with Crippen LogP contribution in [0.25, 0.3) is 0 Å². The number of hydrogen-bond acceptors (Lipinski definition) is 5. The lowest BCUT2D eigenvalue weighted by atomic mass is 9.85. The summed E-state index contributed by atoms with van der Waals surface area (Å²) in [7, 11) is 0. The number of carbonyl (C=O) groups is 3. The molecule has 40 heavy (non-hydrogen) atoms. The first-order valence-corrected chi connectivity index (χ1v) is 13.9. The molecular formula is C31H33ClN4O4. The van der Waals surface area contributed by atoms with E-state index in [1.165, 1.54) is 0 Å². The van der Waals surface area contributed by atoms with Crippen LogP contribution in [0.1, 0.15) is 31.4 Å². The first kappa shape index (κ1) is 27.5. The van der Waals surface area contributed by atoms with Gasteiger partial charge in [-0.1, -0.05) is 60.1 Å². The van der Waals surface area contributed by atoms with E-state index in [4.69, 9.17) is 16.3 Å². The Bertz CT molecular complexity index is 1330. The molecule has 3 amide bonds. The molecule has 3 aromatic carbocycles. The predicted molar refractivity (Wildman–Crippen MR) is 154 cm³/mol. The van der Waals surface area contributed by atoms with Gasteiger partial charge in [-0.05, 0) is 61.7 Å². The van der Waals surface area contributed by atoms with Crippen LogP contribution < -0.4 is 15.0 Å². The molecule has 0 aromatic heterocycles. The average molecular weight is 561 g/mol. The number of halogens is 1. The van der Waals surface area contributed by atoms with Gasteiger partial charge >= 0.3 is 0 Å². The number of ether oxygens (including phenoxy) is 1. The van der Waals surface area contributed by atoms with Crippen LogP contribution in [-0.4, -0.2) is 66.0 Å². The van der Waals surface area contributed by atoms with Gasteiger partial charge in [-0.3, -0.25) is 14.4 Å². The predicted octanol–water partition coefficient (Wildman–Crippen LogP) is 4.26. The summed E-state index contributed by atoms with van der Waals surface area (Å²) in [4.78, 5) is 45.3. The Balaban J connectivity index is 1.25. The molecule has 1 unspecified atom stereocenters. The molecule has 3 aromatic rings. The van der Waals surface area contributed by atoms with Crippen molar-refractivity contribution in [3.63, 3.8) is 0 Å². The van der Waals surface area contributed by atoms with Crippen molar-refractivity contribution in [2.75, 3.05) is 37.8 Å². The Morgan fingerprint density at radius 1 is 0.950 bits per heavy atom. The summed E-state index contributed by atoms with van der Waals surface area (Å²) in [5, 5.41) is 3.62. The van der Waals surface area contributed by atoms with Crippen molar-refractivity contribution in [3.8, 4) is 5.75 Å². The molecule has 2 heterocycles. The summed E-state index contributed by atoms with van der Waals surface area (Å²) >= 11 is 5.92. The third-order valence-corrected chi connectivity index (χ3v) is 7.96. The van der Waals surface area contributed by atoms with E-state index < -0.39 is 5.54 Å². The standard InChI is InChI=1S/C31H33ClN4O4/c1-23(24-8-4-2-5-9-24)33-28(37)20-35-22-36(26-10-6-3-7-11-26)31(30(35)39)16-18-34(19-17-31)29(38)21-40-27-14-12-25(32)13-15-27/h2-15,23H,16-22H2,1H3,(H,33,37). The Morgan fingerprint density at radius 3 is 2.23 bits per heavy atom. The van der Waals surface area contributed by atoms with Crippen LogP contribution in [-0.2, 0) is 14.4 Å². The molecule has 0 radical (unpaired) electrons. The fraction of sp³-hybridized carbons (Fsp3) is 0.323. The molecule has 5 rings (SSSR count). The van der Waals surface area contributed by atoms with Gasteiger partial charge in [-0.25, -0.2) is 0 Å². The maximum atomic E-state index is 13.9. The quantitative estimate of drug-likeness (QED) is 0.445. The molecule has 0 saturated carbocycles. The highest BCUT2D eigenvalue weighted by Gasteiger charge is 2.54. The second-order valence-electron chi connectivity index (χ2n) is 10.3. The number of carbonyl (C=O) groups excluding carboxylic acids is 3. The average Bonchev–Trinajstić information content (AvgIpc) is 3.24. The highest BCUT2D eigenvalue weighted by molar-refractivity contribution is 6.30. The molecule has 1 spiro atoms. The van der Waals surface area contributed by atoms with Crippen molar-refractivity contribution in [2.24, 2.45) is 0 Å².